The van der Waals surface area contributed by atoms with Crippen LogP contribution in [0.3, 0.4) is 0 Å². The number of hydrogen-bond acceptors (Lipinski definition) is 3. The zero-order valence-electron chi connectivity index (χ0n) is 13.6. The van der Waals surface area contributed by atoms with Crippen LogP contribution in [0.25, 0.3) is 0 Å². The highest BCUT2D eigenvalue weighted by Crippen LogP contribution is 2.14. The fraction of sp³-hybridized carbons (Fsp3) is 0.333. The van der Waals surface area contributed by atoms with Crippen molar-refractivity contribution >= 4 is 10.0 Å². The Bertz CT molecular complexity index is 721. The Morgan fingerprint density at radius 2 is 1.52 bits per heavy atom. The molecule has 2 aromatic rings. The van der Waals surface area contributed by atoms with Crippen molar-refractivity contribution in [3.63, 3.8) is 0 Å². The lowest BCUT2D eigenvalue weighted by atomic mass is 10.0. The van der Waals surface area contributed by atoms with Crippen molar-refractivity contribution in [2.75, 3.05) is 6.54 Å². The van der Waals surface area contributed by atoms with E-state index in [-0.39, 0.29) is 4.90 Å². The van der Waals surface area contributed by atoms with Crippen LogP contribution in [-0.4, -0.2) is 15.0 Å². The molecule has 0 saturated heterocycles. The van der Waals surface area contributed by atoms with E-state index in [0.29, 0.717) is 5.92 Å². The normalized spacial score (nSPS) is 11.8. The number of nitrogens with two attached hydrogens (primary N) is 1. The van der Waals surface area contributed by atoms with Gasteiger partial charge in [-0.15, -0.1) is 0 Å². The molecular weight excluding hydrogens is 308 g/mol. The molecule has 5 heteroatoms. The van der Waals surface area contributed by atoms with Crippen LogP contribution in [0.4, 0.5) is 0 Å². The molecule has 0 saturated carbocycles. The summed E-state index contributed by atoms with van der Waals surface area (Å²) in [5.41, 5.74) is 3.70. The molecule has 0 fully saturated rings. The lowest BCUT2D eigenvalue weighted by molar-refractivity contribution is 0.597. The lowest BCUT2D eigenvalue weighted by Crippen LogP contribution is -2.17. The maximum absolute atomic E-state index is 11.2. The maximum Gasteiger partial charge on any atom is 0.238 e. The highest BCUT2D eigenvalue weighted by Gasteiger charge is 2.06. The third kappa shape index (κ3) is 5.46. The van der Waals surface area contributed by atoms with Gasteiger partial charge < -0.3 is 5.32 Å². The van der Waals surface area contributed by atoms with Crippen LogP contribution in [0.5, 0.6) is 0 Å². The largest absolute Gasteiger partial charge is 0.312 e. The summed E-state index contributed by atoms with van der Waals surface area (Å²) in [4.78, 5) is 0.152. The van der Waals surface area contributed by atoms with Gasteiger partial charge in [-0.3, -0.25) is 0 Å². The van der Waals surface area contributed by atoms with Crippen LogP contribution in [-0.2, 0) is 23.0 Å². The highest BCUT2D eigenvalue weighted by atomic mass is 32.2. The molecule has 0 aliphatic carbocycles. The van der Waals surface area contributed by atoms with Gasteiger partial charge in [0, 0.05) is 6.54 Å². The molecule has 0 amide bonds. The molecule has 2 aromatic carbocycles. The fourth-order valence-electron chi connectivity index (χ4n) is 2.33. The minimum Gasteiger partial charge on any atom is -0.312 e. The molecule has 0 bridgehead atoms. The first kappa shape index (κ1) is 17.7. The Labute approximate surface area is 138 Å². The van der Waals surface area contributed by atoms with Gasteiger partial charge in [-0.2, -0.15) is 0 Å². The smallest absolute Gasteiger partial charge is 0.238 e. The van der Waals surface area contributed by atoms with Crippen molar-refractivity contribution in [2.24, 2.45) is 5.14 Å². The van der Waals surface area contributed by atoms with E-state index in [1.807, 2.05) is 0 Å². The average molecular weight is 332 g/mol. The van der Waals surface area contributed by atoms with E-state index in [1.165, 1.54) is 11.1 Å². The summed E-state index contributed by atoms with van der Waals surface area (Å²) >= 11 is 0. The summed E-state index contributed by atoms with van der Waals surface area (Å²) in [6, 6.07) is 15.4. The number of nitrogens with one attached hydrogen (secondary N) is 1. The van der Waals surface area contributed by atoms with Crippen molar-refractivity contribution in [3.8, 4) is 0 Å². The van der Waals surface area contributed by atoms with E-state index in [4.69, 9.17) is 5.14 Å². The molecule has 23 heavy (non-hydrogen) atoms. The standard InChI is InChI=1S/C18H24N2O2S/c1-14(2)17-7-3-16(4-8-17)13-20-12-11-15-5-9-18(10-6-15)23(19,21)22/h3-10,14,20H,11-13H2,1-2H3,(H2,19,21,22). The molecule has 0 aliphatic heterocycles. The van der Waals surface area contributed by atoms with Crippen LogP contribution in [0, 0.1) is 0 Å². The zero-order chi connectivity index (χ0) is 16.9. The quantitative estimate of drug-likeness (QED) is 0.766. The number of primary sulfonamides is 1. The van der Waals surface area contributed by atoms with E-state index in [2.05, 4.69) is 43.4 Å². The summed E-state index contributed by atoms with van der Waals surface area (Å²) in [5, 5.41) is 8.48. The summed E-state index contributed by atoms with van der Waals surface area (Å²) < 4.78 is 22.4. The van der Waals surface area contributed by atoms with E-state index in [1.54, 1.807) is 24.3 Å². The van der Waals surface area contributed by atoms with Crippen LogP contribution >= 0.6 is 0 Å². The Kier molecular flexibility index (Phi) is 5.93. The Hall–Kier alpha value is -1.69. The Morgan fingerprint density at radius 1 is 0.957 bits per heavy atom. The molecule has 124 valence electrons. The van der Waals surface area contributed by atoms with Crippen molar-refractivity contribution in [1.29, 1.82) is 0 Å². The molecule has 0 atom stereocenters. The van der Waals surface area contributed by atoms with Gasteiger partial charge in [0.2, 0.25) is 10.0 Å². The van der Waals surface area contributed by atoms with Gasteiger partial charge in [-0.1, -0.05) is 50.2 Å². The predicted molar refractivity (Wildman–Crippen MR) is 93.8 cm³/mol. The Balaban J connectivity index is 1.79. The molecule has 4 nitrogen and oxygen atoms in total. The molecule has 3 N–H and O–H groups in total. The molecule has 0 radical (unpaired) electrons. The number of hydrogen-bond donors (Lipinski definition) is 2. The van der Waals surface area contributed by atoms with Gasteiger partial charge in [-0.05, 0) is 47.7 Å². The van der Waals surface area contributed by atoms with Gasteiger partial charge in [0.25, 0.3) is 0 Å². The summed E-state index contributed by atoms with van der Waals surface area (Å²) in [6.07, 6.45) is 0.842. The fourth-order valence-corrected chi connectivity index (χ4v) is 2.85. The van der Waals surface area contributed by atoms with Crippen molar-refractivity contribution in [3.05, 3.63) is 65.2 Å². The first-order valence-corrected chi connectivity index (χ1v) is 9.32. The first-order valence-electron chi connectivity index (χ1n) is 7.77. The molecule has 0 aliphatic rings. The molecule has 0 unspecified atom stereocenters. The monoisotopic (exact) mass is 332 g/mol. The second-order valence-electron chi connectivity index (χ2n) is 6.01. The number of sulfonamides is 1. The van der Waals surface area contributed by atoms with Crippen molar-refractivity contribution in [1.82, 2.24) is 5.32 Å². The van der Waals surface area contributed by atoms with Gasteiger partial charge in [-0.25, -0.2) is 13.6 Å². The second-order valence-corrected chi connectivity index (χ2v) is 7.57. The van der Waals surface area contributed by atoms with Crippen molar-refractivity contribution < 1.29 is 8.42 Å². The van der Waals surface area contributed by atoms with Crippen LogP contribution < -0.4 is 10.5 Å². The molecule has 0 aromatic heterocycles. The van der Waals surface area contributed by atoms with E-state index in [0.717, 1.165) is 25.1 Å². The van der Waals surface area contributed by atoms with Crippen molar-refractivity contribution in [2.45, 2.75) is 37.6 Å². The minimum atomic E-state index is -3.61. The summed E-state index contributed by atoms with van der Waals surface area (Å²) in [7, 11) is -3.61. The van der Waals surface area contributed by atoms with Crippen LogP contribution in [0.15, 0.2) is 53.4 Å². The first-order chi connectivity index (χ1) is 10.9. The highest BCUT2D eigenvalue weighted by molar-refractivity contribution is 7.89. The second kappa shape index (κ2) is 7.73. The van der Waals surface area contributed by atoms with Crippen LogP contribution in [0.2, 0.25) is 0 Å². The van der Waals surface area contributed by atoms with E-state index < -0.39 is 10.0 Å². The summed E-state index contributed by atoms with van der Waals surface area (Å²) in [6.45, 7) is 6.04. The van der Waals surface area contributed by atoms with Gasteiger partial charge in [0.15, 0.2) is 0 Å². The molecule has 0 heterocycles. The molecular formula is C18H24N2O2S. The minimum absolute atomic E-state index is 0.152. The third-order valence-electron chi connectivity index (χ3n) is 3.82. The number of benzene rings is 2. The van der Waals surface area contributed by atoms with E-state index >= 15 is 0 Å². The van der Waals surface area contributed by atoms with Gasteiger partial charge >= 0.3 is 0 Å². The molecule has 2 rings (SSSR count). The number of rotatable bonds is 7. The third-order valence-corrected chi connectivity index (χ3v) is 4.75. The van der Waals surface area contributed by atoms with Gasteiger partial charge in [0.1, 0.15) is 0 Å². The van der Waals surface area contributed by atoms with Crippen LogP contribution in [0.1, 0.15) is 36.5 Å². The predicted octanol–water partition coefficient (Wildman–Crippen LogP) is 2.79. The van der Waals surface area contributed by atoms with Gasteiger partial charge in [0.05, 0.1) is 4.90 Å². The zero-order valence-corrected chi connectivity index (χ0v) is 14.4. The topological polar surface area (TPSA) is 72.2 Å². The Morgan fingerprint density at radius 3 is 2.04 bits per heavy atom. The SMILES string of the molecule is CC(C)c1ccc(CNCCc2ccc(S(N)(=O)=O)cc2)cc1. The lowest BCUT2D eigenvalue weighted by Gasteiger charge is -2.08. The summed E-state index contributed by atoms with van der Waals surface area (Å²) in [5.74, 6) is 0.553. The van der Waals surface area contributed by atoms with E-state index in [9.17, 15) is 8.42 Å². The maximum atomic E-state index is 11.2. The molecule has 0 spiro atoms. The average Bonchev–Trinajstić information content (AvgIpc) is 2.51.